The number of amides is 1. The van der Waals surface area contributed by atoms with Crippen LogP contribution in [0.1, 0.15) is 30.3 Å². The largest absolute Gasteiger partial charge is 0.387 e. The predicted octanol–water partition coefficient (Wildman–Crippen LogP) is 1.76. The molecule has 1 aromatic heterocycles. The van der Waals surface area contributed by atoms with E-state index in [1.54, 1.807) is 12.3 Å². The molecule has 1 N–H and O–H groups in total. The second kappa shape index (κ2) is 6.52. The fraction of sp³-hybridized carbons (Fsp3) is 0.571. The van der Waals surface area contributed by atoms with Gasteiger partial charge in [-0.05, 0) is 31.9 Å². The zero-order chi connectivity index (χ0) is 13.7. The maximum atomic E-state index is 12.3. The summed E-state index contributed by atoms with van der Waals surface area (Å²) in [7, 11) is 1.83. The lowest BCUT2D eigenvalue weighted by molar-refractivity contribution is 0.00703. The fourth-order valence-corrected chi connectivity index (χ4v) is 2.32. The van der Waals surface area contributed by atoms with Crippen molar-refractivity contribution in [1.29, 1.82) is 0 Å². The Kier molecular flexibility index (Phi) is 4.74. The molecule has 0 aliphatic carbocycles. The molecule has 0 spiro atoms. The minimum Gasteiger partial charge on any atom is -0.387 e. The Morgan fingerprint density at radius 2 is 2.42 bits per heavy atom. The van der Waals surface area contributed by atoms with E-state index >= 15 is 0 Å². The molecule has 5 nitrogen and oxygen atoms in total. The highest BCUT2D eigenvalue weighted by atomic mass is 16.5. The molecule has 1 aliphatic heterocycles. The molecular formula is C14H21N3O2. The van der Waals surface area contributed by atoms with Gasteiger partial charge in [0.15, 0.2) is 0 Å². The van der Waals surface area contributed by atoms with E-state index in [0.717, 1.165) is 25.1 Å². The Morgan fingerprint density at radius 1 is 1.58 bits per heavy atom. The molecule has 0 bridgehead atoms. The van der Waals surface area contributed by atoms with Crippen LogP contribution in [-0.4, -0.2) is 48.6 Å². The molecule has 1 aromatic rings. The van der Waals surface area contributed by atoms with Crippen molar-refractivity contribution in [3.63, 3.8) is 0 Å². The first-order chi connectivity index (χ1) is 9.24. The standard InChI is InChI=1S/C14H21N3O2/c1-3-19-12-5-4-8-17(10-12)14(18)13-7-6-11(15-2)9-16-13/h6-7,9,12,15H,3-5,8,10H2,1-2H3. The summed E-state index contributed by atoms with van der Waals surface area (Å²) in [5.41, 5.74) is 1.40. The SMILES string of the molecule is CCOC1CCCN(C(=O)c2ccc(NC)cn2)C1. The quantitative estimate of drug-likeness (QED) is 0.899. The van der Waals surface area contributed by atoms with E-state index in [1.807, 2.05) is 24.9 Å². The molecule has 2 heterocycles. The van der Waals surface area contributed by atoms with Gasteiger partial charge >= 0.3 is 0 Å². The van der Waals surface area contributed by atoms with Crippen LogP contribution in [0.3, 0.4) is 0 Å². The number of carbonyl (C=O) groups excluding carboxylic acids is 1. The fourth-order valence-electron chi connectivity index (χ4n) is 2.32. The third-order valence-corrected chi connectivity index (χ3v) is 3.34. The number of anilines is 1. The van der Waals surface area contributed by atoms with Crippen LogP contribution in [0, 0.1) is 0 Å². The number of likely N-dealkylation sites (tertiary alicyclic amines) is 1. The van der Waals surface area contributed by atoms with Gasteiger partial charge in [0.1, 0.15) is 5.69 Å². The first-order valence-corrected chi connectivity index (χ1v) is 6.79. The first kappa shape index (κ1) is 13.8. The normalized spacial score (nSPS) is 19.3. The van der Waals surface area contributed by atoms with Gasteiger partial charge in [-0.3, -0.25) is 4.79 Å². The van der Waals surface area contributed by atoms with Gasteiger partial charge in [-0.2, -0.15) is 0 Å². The first-order valence-electron chi connectivity index (χ1n) is 6.79. The molecule has 0 saturated carbocycles. The van der Waals surface area contributed by atoms with Crippen LogP contribution >= 0.6 is 0 Å². The molecule has 1 atom stereocenters. The molecule has 2 rings (SSSR count). The van der Waals surface area contributed by atoms with E-state index in [0.29, 0.717) is 18.8 Å². The summed E-state index contributed by atoms with van der Waals surface area (Å²) in [6.07, 6.45) is 3.87. The number of aromatic nitrogens is 1. The van der Waals surface area contributed by atoms with Crippen LogP contribution in [0.2, 0.25) is 0 Å². The van der Waals surface area contributed by atoms with E-state index in [-0.39, 0.29) is 12.0 Å². The highest BCUT2D eigenvalue weighted by Crippen LogP contribution is 2.16. The molecule has 0 radical (unpaired) electrons. The molecular weight excluding hydrogens is 242 g/mol. The second-order valence-electron chi connectivity index (χ2n) is 4.65. The molecule has 1 aliphatic rings. The highest BCUT2D eigenvalue weighted by Gasteiger charge is 2.25. The number of nitrogens with zero attached hydrogens (tertiary/aromatic N) is 2. The third kappa shape index (κ3) is 3.44. The van der Waals surface area contributed by atoms with Crippen LogP contribution < -0.4 is 5.32 Å². The van der Waals surface area contributed by atoms with Crippen molar-refractivity contribution in [2.75, 3.05) is 32.1 Å². The summed E-state index contributed by atoms with van der Waals surface area (Å²) < 4.78 is 5.61. The number of rotatable bonds is 4. The monoisotopic (exact) mass is 263 g/mol. The van der Waals surface area contributed by atoms with E-state index in [1.165, 1.54) is 0 Å². The minimum absolute atomic E-state index is 0.00736. The van der Waals surface area contributed by atoms with E-state index in [2.05, 4.69) is 10.3 Å². The van der Waals surface area contributed by atoms with Gasteiger partial charge in [-0.25, -0.2) is 4.98 Å². The summed E-state index contributed by atoms with van der Waals surface area (Å²) in [5.74, 6) is -0.00736. The van der Waals surface area contributed by atoms with Crippen LogP contribution in [0.15, 0.2) is 18.3 Å². The Hall–Kier alpha value is -1.62. The van der Waals surface area contributed by atoms with Gasteiger partial charge in [0.25, 0.3) is 5.91 Å². The minimum atomic E-state index is -0.00736. The van der Waals surface area contributed by atoms with Crippen molar-refractivity contribution in [2.24, 2.45) is 0 Å². The maximum absolute atomic E-state index is 12.3. The van der Waals surface area contributed by atoms with Crippen molar-refractivity contribution in [2.45, 2.75) is 25.9 Å². The van der Waals surface area contributed by atoms with Gasteiger partial charge in [-0.1, -0.05) is 0 Å². The summed E-state index contributed by atoms with van der Waals surface area (Å²) in [6, 6.07) is 3.63. The lowest BCUT2D eigenvalue weighted by atomic mass is 10.1. The Morgan fingerprint density at radius 3 is 3.05 bits per heavy atom. The topological polar surface area (TPSA) is 54.5 Å². The maximum Gasteiger partial charge on any atom is 0.272 e. The van der Waals surface area contributed by atoms with Crippen molar-refractivity contribution in [1.82, 2.24) is 9.88 Å². The number of pyridine rings is 1. The molecule has 0 aromatic carbocycles. The smallest absolute Gasteiger partial charge is 0.272 e. The molecule has 19 heavy (non-hydrogen) atoms. The van der Waals surface area contributed by atoms with Crippen LogP contribution in [0.4, 0.5) is 5.69 Å². The molecule has 1 unspecified atom stereocenters. The van der Waals surface area contributed by atoms with Gasteiger partial charge in [0.05, 0.1) is 18.0 Å². The van der Waals surface area contributed by atoms with Gasteiger partial charge in [0, 0.05) is 26.7 Å². The number of ether oxygens (including phenoxy) is 1. The number of hydrogen-bond acceptors (Lipinski definition) is 4. The lowest BCUT2D eigenvalue weighted by Gasteiger charge is -2.32. The van der Waals surface area contributed by atoms with Crippen molar-refractivity contribution in [3.05, 3.63) is 24.0 Å². The third-order valence-electron chi connectivity index (χ3n) is 3.34. The average Bonchev–Trinajstić information content (AvgIpc) is 2.47. The summed E-state index contributed by atoms with van der Waals surface area (Å²) in [5, 5.41) is 2.99. The van der Waals surface area contributed by atoms with E-state index in [9.17, 15) is 4.79 Å². The van der Waals surface area contributed by atoms with Gasteiger partial charge in [-0.15, -0.1) is 0 Å². The number of carbonyl (C=O) groups is 1. The highest BCUT2D eigenvalue weighted by molar-refractivity contribution is 5.92. The van der Waals surface area contributed by atoms with E-state index in [4.69, 9.17) is 4.74 Å². The van der Waals surface area contributed by atoms with Crippen molar-refractivity contribution in [3.8, 4) is 0 Å². The van der Waals surface area contributed by atoms with Crippen LogP contribution in [-0.2, 0) is 4.74 Å². The zero-order valence-corrected chi connectivity index (χ0v) is 11.6. The summed E-state index contributed by atoms with van der Waals surface area (Å²) in [4.78, 5) is 18.4. The zero-order valence-electron chi connectivity index (χ0n) is 11.6. The molecule has 1 amide bonds. The number of piperidine rings is 1. The second-order valence-corrected chi connectivity index (χ2v) is 4.65. The molecule has 5 heteroatoms. The van der Waals surface area contributed by atoms with Crippen molar-refractivity contribution < 1.29 is 9.53 Å². The molecule has 1 fully saturated rings. The average molecular weight is 263 g/mol. The summed E-state index contributed by atoms with van der Waals surface area (Å²) in [6.45, 7) is 4.14. The lowest BCUT2D eigenvalue weighted by Crippen LogP contribution is -2.43. The van der Waals surface area contributed by atoms with Crippen LogP contribution in [0.25, 0.3) is 0 Å². The number of hydrogen-bond donors (Lipinski definition) is 1. The number of nitrogens with one attached hydrogen (secondary N) is 1. The Bertz CT molecular complexity index is 417. The van der Waals surface area contributed by atoms with Gasteiger partial charge < -0.3 is 15.0 Å². The predicted molar refractivity (Wildman–Crippen MR) is 74.3 cm³/mol. The van der Waals surface area contributed by atoms with Crippen LogP contribution in [0.5, 0.6) is 0 Å². The van der Waals surface area contributed by atoms with Crippen molar-refractivity contribution >= 4 is 11.6 Å². The Labute approximate surface area is 114 Å². The molecule has 104 valence electrons. The van der Waals surface area contributed by atoms with Gasteiger partial charge in [0.2, 0.25) is 0 Å². The Balaban J connectivity index is 2.01. The summed E-state index contributed by atoms with van der Waals surface area (Å²) >= 11 is 0. The molecule has 1 saturated heterocycles. The van der Waals surface area contributed by atoms with E-state index < -0.39 is 0 Å².